The van der Waals surface area contributed by atoms with Crippen LogP contribution >= 0.6 is 0 Å². The normalized spacial score (nSPS) is 11.7. The summed E-state index contributed by atoms with van der Waals surface area (Å²) < 4.78 is 0. The highest BCUT2D eigenvalue weighted by Crippen LogP contribution is 2.12. The number of aliphatic carboxylic acids is 1. The van der Waals surface area contributed by atoms with Crippen LogP contribution in [0.25, 0.3) is 0 Å². The van der Waals surface area contributed by atoms with Gasteiger partial charge in [0.05, 0.1) is 0 Å². The summed E-state index contributed by atoms with van der Waals surface area (Å²) in [5.41, 5.74) is 6.45. The lowest BCUT2D eigenvalue weighted by atomic mass is 10.0. The van der Waals surface area contributed by atoms with Crippen molar-refractivity contribution >= 4 is 17.8 Å². The van der Waals surface area contributed by atoms with E-state index in [1.165, 1.54) is 4.90 Å². The Morgan fingerprint density at radius 3 is 2.24 bits per heavy atom. The van der Waals surface area contributed by atoms with Crippen LogP contribution < -0.4 is 5.73 Å². The summed E-state index contributed by atoms with van der Waals surface area (Å²) in [7, 11) is 1.66. The predicted molar refractivity (Wildman–Crippen MR) is 77.5 cm³/mol. The molecule has 1 atom stereocenters. The summed E-state index contributed by atoms with van der Waals surface area (Å²) in [6.07, 6.45) is 0.176. The first-order valence-electron chi connectivity index (χ1n) is 6.64. The van der Waals surface area contributed by atoms with Crippen molar-refractivity contribution in [2.24, 2.45) is 11.7 Å². The number of benzene rings is 1. The smallest absolute Gasteiger partial charge is 0.303 e. The number of carbonyl (C=O) groups is 3. The Balaban J connectivity index is 2.55. The minimum atomic E-state index is -0.903. The van der Waals surface area contributed by atoms with Crippen LogP contribution in [0.4, 0.5) is 0 Å². The van der Waals surface area contributed by atoms with Gasteiger partial charge >= 0.3 is 5.97 Å². The zero-order valence-corrected chi connectivity index (χ0v) is 12.2. The van der Waals surface area contributed by atoms with Gasteiger partial charge in [-0.15, -0.1) is 0 Å². The molecular formula is C15H20N2O4. The van der Waals surface area contributed by atoms with E-state index in [-0.39, 0.29) is 24.7 Å². The number of hydrogen-bond acceptors (Lipinski definition) is 3. The molecule has 2 amide bonds. The molecule has 1 aromatic carbocycles. The van der Waals surface area contributed by atoms with Gasteiger partial charge in [0.1, 0.15) is 0 Å². The van der Waals surface area contributed by atoms with Crippen LogP contribution in [0.1, 0.15) is 35.7 Å². The van der Waals surface area contributed by atoms with E-state index >= 15 is 0 Å². The predicted octanol–water partition coefficient (Wildman–Crippen LogP) is 1.24. The molecule has 0 fully saturated rings. The van der Waals surface area contributed by atoms with Gasteiger partial charge in [-0.3, -0.25) is 14.4 Å². The molecule has 0 aliphatic heterocycles. The summed E-state index contributed by atoms with van der Waals surface area (Å²) in [6, 6.07) is 6.71. The van der Waals surface area contributed by atoms with Crippen molar-refractivity contribution in [3.63, 3.8) is 0 Å². The highest BCUT2D eigenvalue weighted by Gasteiger charge is 2.16. The second-order valence-electron chi connectivity index (χ2n) is 5.22. The van der Waals surface area contributed by atoms with E-state index in [0.29, 0.717) is 12.1 Å². The molecule has 0 aliphatic rings. The lowest BCUT2D eigenvalue weighted by molar-refractivity contribution is -0.138. The standard InChI is InChI=1S/C15H20N2O4/c1-10(8-14(19)20)7-13(18)17(2)9-11-3-5-12(6-4-11)15(16)21/h3-6,10H,7-9H2,1-2H3,(H2,16,21)(H,19,20). The summed E-state index contributed by atoms with van der Waals surface area (Å²) in [4.78, 5) is 35.1. The molecule has 114 valence electrons. The largest absolute Gasteiger partial charge is 0.481 e. The maximum Gasteiger partial charge on any atom is 0.303 e. The lowest BCUT2D eigenvalue weighted by Gasteiger charge is -2.19. The van der Waals surface area contributed by atoms with Crippen LogP contribution in [0.2, 0.25) is 0 Å². The summed E-state index contributed by atoms with van der Waals surface area (Å²) in [6.45, 7) is 2.14. The van der Waals surface area contributed by atoms with E-state index in [2.05, 4.69) is 0 Å². The number of hydrogen-bond donors (Lipinski definition) is 2. The minimum Gasteiger partial charge on any atom is -0.481 e. The number of amides is 2. The number of nitrogens with zero attached hydrogens (tertiary/aromatic N) is 1. The number of carboxylic acids is 1. The zero-order valence-electron chi connectivity index (χ0n) is 12.2. The van der Waals surface area contributed by atoms with Crippen LogP contribution in [-0.2, 0) is 16.1 Å². The Morgan fingerprint density at radius 1 is 1.19 bits per heavy atom. The first-order valence-corrected chi connectivity index (χ1v) is 6.64. The zero-order chi connectivity index (χ0) is 16.0. The Hall–Kier alpha value is -2.37. The number of carbonyl (C=O) groups excluding carboxylic acids is 2. The quantitative estimate of drug-likeness (QED) is 0.789. The van der Waals surface area contributed by atoms with Crippen molar-refractivity contribution in [1.29, 1.82) is 0 Å². The molecule has 0 spiro atoms. The maximum absolute atomic E-state index is 12.0. The fourth-order valence-electron chi connectivity index (χ4n) is 1.96. The summed E-state index contributed by atoms with van der Waals surface area (Å²) >= 11 is 0. The van der Waals surface area contributed by atoms with Gasteiger partial charge in [-0.05, 0) is 23.6 Å². The molecule has 1 unspecified atom stereocenters. The van der Waals surface area contributed by atoms with Gasteiger partial charge in [-0.1, -0.05) is 19.1 Å². The minimum absolute atomic E-state index is 0.0209. The molecule has 0 bridgehead atoms. The average molecular weight is 292 g/mol. The fourth-order valence-corrected chi connectivity index (χ4v) is 1.96. The first-order chi connectivity index (χ1) is 9.79. The number of carboxylic acid groups (broad SMARTS) is 1. The molecule has 1 aromatic rings. The molecule has 0 saturated heterocycles. The molecule has 0 heterocycles. The van der Waals surface area contributed by atoms with E-state index in [1.54, 1.807) is 38.2 Å². The first kappa shape index (κ1) is 16.7. The van der Waals surface area contributed by atoms with Gasteiger partial charge in [0.2, 0.25) is 11.8 Å². The van der Waals surface area contributed by atoms with Gasteiger partial charge in [0.15, 0.2) is 0 Å². The van der Waals surface area contributed by atoms with Gasteiger partial charge in [0.25, 0.3) is 0 Å². The second kappa shape index (κ2) is 7.42. The van der Waals surface area contributed by atoms with E-state index in [0.717, 1.165) is 5.56 Å². The van der Waals surface area contributed by atoms with Crippen LogP contribution in [-0.4, -0.2) is 34.8 Å². The Morgan fingerprint density at radius 2 is 1.76 bits per heavy atom. The fraction of sp³-hybridized carbons (Fsp3) is 0.400. The molecule has 3 N–H and O–H groups in total. The second-order valence-corrected chi connectivity index (χ2v) is 5.22. The van der Waals surface area contributed by atoms with Crippen LogP contribution in [0.15, 0.2) is 24.3 Å². The molecular weight excluding hydrogens is 272 g/mol. The van der Waals surface area contributed by atoms with Crippen molar-refractivity contribution in [3.8, 4) is 0 Å². The maximum atomic E-state index is 12.0. The molecule has 0 saturated carbocycles. The van der Waals surface area contributed by atoms with Gasteiger partial charge in [-0.2, -0.15) is 0 Å². The Kier molecular flexibility index (Phi) is 5.90. The Labute approximate surface area is 123 Å². The number of nitrogens with two attached hydrogens (primary N) is 1. The molecule has 0 aromatic heterocycles. The summed E-state index contributed by atoms with van der Waals surface area (Å²) in [5, 5.41) is 8.68. The van der Waals surface area contributed by atoms with E-state index in [1.807, 2.05) is 0 Å². The molecule has 0 radical (unpaired) electrons. The molecule has 0 aliphatic carbocycles. The van der Waals surface area contributed by atoms with Crippen LogP contribution in [0.5, 0.6) is 0 Å². The molecule has 21 heavy (non-hydrogen) atoms. The highest BCUT2D eigenvalue weighted by molar-refractivity contribution is 5.92. The van der Waals surface area contributed by atoms with Crippen molar-refractivity contribution in [2.45, 2.75) is 26.3 Å². The van der Waals surface area contributed by atoms with Crippen LogP contribution in [0.3, 0.4) is 0 Å². The number of primary amides is 1. The third kappa shape index (κ3) is 5.64. The van der Waals surface area contributed by atoms with Crippen molar-refractivity contribution in [1.82, 2.24) is 4.90 Å². The summed E-state index contributed by atoms with van der Waals surface area (Å²) in [5.74, 6) is -1.70. The van der Waals surface area contributed by atoms with Crippen molar-refractivity contribution < 1.29 is 19.5 Å². The van der Waals surface area contributed by atoms with Crippen LogP contribution in [0, 0.1) is 5.92 Å². The topological polar surface area (TPSA) is 101 Å². The third-order valence-corrected chi connectivity index (χ3v) is 3.13. The van der Waals surface area contributed by atoms with E-state index < -0.39 is 11.9 Å². The lowest BCUT2D eigenvalue weighted by Crippen LogP contribution is -2.28. The third-order valence-electron chi connectivity index (χ3n) is 3.13. The molecule has 1 rings (SSSR count). The SMILES string of the molecule is CC(CC(=O)O)CC(=O)N(C)Cc1ccc(C(N)=O)cc1. The van der Waals surface area contributed by atoms with Gasteiger partial charge < -0.3 is 15.7 Å². The van der Waals surface area contributed by atoms with Crippen molar-refractivity contribution in [3.05, 3.63) is 35.4 Å². The Bertz CT molecular complexity index is 525. The van der Waals surface area contributed by atoms with Gasteiger partial charge in [0, 0.05) is 32.0 Å². The monoisotopic (exact) mass is 292 g/mol. The van der Waals surface area contributed by atoms with Gasteiger partial charge in [-0.25, -0.2) is 0 Å². The molecule has 6 heteroatoms. The van der Waals surface area contributed by atoms with E-state index in [4.69, 9.17) is 10.8 Å². The van der Waals surface area contributed by atoms with E-state index in [9.17, 15) is 14.4 Å². The highest BCUT2D eigenvalue weighted by atomic mass is 16.4. The average Bonchev–Trinajstić information content (AvgIpc) is 2.38. The number of rotatable bonds is 7. The van der Waals surface area contributed by atoms with Crippen molar-refractivity contribution in [2.75, 3.05) is 7.05 Å². The molecule has 6 nitrogen and oxygen atoms in total.